The topological polar surface area (TPSA) is 46.2 Å². The first-order valence-corrected chi connectivity index (χ1v) is 4.20. The zero-order valence-corrected chi connectivity index (χ0v) is 7.85. The molecule has 0 aliphatic carbocycles. The molecule has 0 saturated heterocycles. The fraction of sp³-hybridized carbons (Fsp3) is 0.333. The van der Waals surface area contributed by atoms with Gasteiger partial charge in [-0.25, -0.2) is 8.78 Å². The van der Waals surface area contributed by atoms with Gasteiger partial charge in [-0.1, -0.05) is 0 Å². The lowest BCUT2D eigenvalue weighted by atomic mass is 10.0. The van der Waals surface area contributed by atoms with E-state index in [-0.39, 0.29) is 6.07 Å². The first kappa shape index (κ1) is 12.9. The Kier molecular flexibility index (Phi) is 3.49. The highest BCUT2D eigenvalue weighted by Gasteiger charge is 2.35. The van der Waals surface area contributed by atoms with Gasteiger partial charge in [0.15, 0.2) is 11.6 Å². The molecule has 1 aromatic rings. The van der Waals surface area contributed by atoms with Crippen molar-refractivity contribution in [3.8, 4) is 0 Å². The van der Waals surface area contributed by atoms with E-state index < -0.39 is 41.6 Å². The molecule has 0 amide bonds. The molecule has 3 N–H and O–H groups in total. The molecular formula is C9H8F5NO. The van der Waals surface area contributed by atoms with E-state index in [1.54, 1.807) is 0 Å². The predicted octanol–water partition coefficient (Wildman–Crippen LogP) is 1.98. The summed E-state index contributed by atoms with van der Waals surface area (Å²) in [6.07, 6.45) is -4.85. The van der Waals surface area contributed by atoms with Gasteiger partial charge >= 0.3 is 6.18 Å². The third-order valence-electron chi connectivity index (χ3n) is 1.99. The van der Waals surface area contributed by atoms with Crippen LogP contribution in [0.1, 0.15) is 17.2 Å². The standard InChI is InChI=1S/C9H8F5NO/c10-6-1-4(8(15)3-16)5(2-7(6)11)9(12,13)14/h1-2,8,16H,3,15H2/t8-/m1/s1. The molecule has 1 atom stereocenters. The van der Waals surface area contributed by atoms with Crippen molar-refractivity contribution in [2.45, 2.75) is 12.2 Å². The summed E-state index contributed by atoms with van der Waals surface area (Å²) >= 11 is 0. The Labute approximate surface area is 87.5 Å². The van der Waals surface area contributed by atoms with Crippen molar-refractivity contribution in [2.75, 3.05) is 6.61 Å². The third-order valence-corrected chi connectivity index (χ3v) is 1.99. The predicted molar refractivity (Wildman–Crippen MR) is 45.4 cm³/mol. The van der Waals surface area contributed by atoms with Crippen molar-refractivity contribution in [3.05, 3.63) is 34.9 Å². The highest BCUT2D eigenvalue weighted by atomic mass is 19.4. The number of aliphatic hydroxyl groups is 1. The molecule has 0 aliphatic rings. The van der Waals surface area contributed by atoms with Crippen LogP contribution in [-0.2, 0) is 6.18 Å². The van der Waals surface area contributed by atoms with E-state index in [1.165, 1.54) is 0 Å². The second-order valence-corrected chi connectivity index (χ2v) is 3.14. The van der Waals surface area contributed by atoms with Gasteiger partial charge in [0.25, 0.3) is 0 Å². The summed E-state index contributed by atoms with van der Waals surface area (Å²) in [6, 6.07) is -1.04. The molecule has 0 unspecified atom stereocenters. The maximum atomic E-state index is 12.8. The number of hydrogen-bond donors (Lipinski definition) is 2. The normalized spacial score (nSPS) is 13.9. The van der Waals surface area contributed by atoms with Crippen LogP contribution in [0, 0.1) is 11.6 Å². The van der Waals surface area contributed by atoms with Crippen LogP contribution in [0.15, 0.2) is 12.1 Å². The minimum atomic E-state index is -4.85. The molecule has 7 heteroatoms. The minimum absolute atomic E-state index is 0.0280. The third kappa shape index (κ3) is 2.48. The number of aliphatic hydroxyl groups excluding tert-OH is 1. The van der Waals surface area contributed by atoms with Gasteiger partial charge < -0.3 is 10.8 Å². The maximum Gasteiger partial charge on any atom is 0.416 e. The van der Waals surface area contributed by atoms with Crippen LogP contribution in [-0.4, -0.2) is 11.7 Å². The van der Waals surface area contributed by atoms with Crippen LogP contribution in [0.3, 0.4) is 0 Å². The average Bonchev–Trinajstić information content (AvgIpc) is 2.18. The van der Waals surface area contributed by atoms with Crippen LogP contribution < -0.4 is 5.73 Å². The van der Waals surface area contributed by atoms with Crippen molar-refractivity contribution in [1.82, 2.24) is 0 Å². The Morgan fingerprint density at radius 2 is 1.69 bits per heavy atom. The van der Waals surface area contributed by atoms with Gasteiger partial charge in [-0.05, 0) is 17.7 Å². The largest absolute Gasteiger partial charge is 0.416 e. The second-order valence-electron chi connectivity index (χ2n) is 3.14. The SMILES string of the molecule is N[C@H](CO)c1cc(F)c(F)cc1C(F)(F)F. The van der Waals surface area contributed by atoms with E-state index in [4.69, 9.17) is 10.8 Å². The van der Waals surface area contributed by atoms with Gasteiger partial charge in [-0.3, -0.25) is 0 Å². The molecule has 0 heterocycles. The fourth-order valence-electron chi connectivity index (χ4n) is 1.21. The summed E-state index contributed by atoms with van der Waals surface area (Å²) in [5.41, 5.74) is 3.12. The zero-order valence-electron chi connectivity index (χ0n) is 7.85. The number of hydrogen-bond acceptors (Lipinski definition) is 2. The molecule has 0 radical (unpaired) electrons. The molecule has 90 valence electrons. The first-order valence-electron chi connectivity index (χ1n) is 4.20. The number of benzene rings is 1. The number of rotatable bonds is 2. The van der Waals surface area contributed by atoms with E-state index >= 15 is 0 Å². The number of nitrogens with two attached hydrogens (primary N) is 1. The summed E-state index contributed by atoms with van der Waals surface area (Å²) in [7, 11) is 0. The molecular weight excluding hydrogens is 233 g/mol. The molecule has 0 bridgehead atoms. The van der Waals surface area contributed by atoms with Crippen LogP contribution in [0.4, 0.5) is 22.0 Å². The van der Waals surface area contributed by atoms with Crippen molar-refractivity contribution >= 4 is 0 Å². The van der Waals surface area contributed by atoms with Gasteiger partial charge in [0, 0.05) is 0 Å². The molecule has 2 nitrogen and oxygen atoms in total. The van der Waals surface area contributed by atoms with E-state index in [9.17, 15) is 22.0 Å². The monoisotopic (exact) mass is 241 g/mol. The summed E-state index contributed by atoms with van der Waals surface area (Å²) < 4.78 is 62.7. The fourth-order valence-corrected chi connectivity index (χ4v) is 1.21. The summed E-state index contributed by atoms with van der Waals surface area (Å²) in [6.45, 7) is -0.797. The van der Waals surface area contributed by atoms with Crippen molar-refractivity contribution in [3.63, 3.8) is 0 Å². The Morgan fingerprint density at radius 3 is 2.12 bits per heavy atom. The molecule has 1 rings (SSSR count). The molecule has 0 fully saturated rings. The van der Waals surface area contributed by atoms with Crippen molar-refractivity contribution in [2.24, 2.45) is 5.73 Å². The average molecular weight is 241 g/mol. The Bertz CT molecular complexity index is 390. The minimum Gasteiger partial charge on any atom is -0.394 e. The lowest BCUT2D eigenvalue weighted by Crippen LogP contribution is -2.21. The van der Waals surface area contributed by atoms with Gasteiger partial charge in [-0.15, -0.1) is 0 Å². The Balaban J connectivity index is 3.39. The second kappa shape index (κ2) is 4.34. The Hall–Kier alpha value is -1.21. The highest BCUT2D eigenvalue weighted by molar-refractivity contribution is 5.33. The smallest absolute Gasteiger partial charge is 0.394 e. The van der Waals surface area contributed by atoms with E-state index in [1.807, 2.05) is 0 Å². The van der Waals surface area contributed by atoms with Gasteiger partial charge in [0.1, 0.15) is 0 Å². The molecule has 0 aromatic heterocycles. The molecule has 0 aliphatic heterocycles. The van der Waals surface area contributed by atoms with E-state index in [2.05, 4.69) is 0 Å². The Morgan fingerprint density at radius 1 is 1.19 bits per heavy atom. The van der Waals surface area contributed by atoms with Gasteiger partial charge in [-0.2, -0.15) is 13.2 Å². The summed E-state index contributed by atoms with van der Waals surface area (Å²) in [5, 5.41) is 8.63. The van der Waals surface area contributed by atoms with Crippen LogP contribution in [0.5, 0.6) is 0 Å². The quantitative estimate of drug-likeness (QED) is 0.777. The van der Waals surface area contributed by atoms with Crippen LogP contribution >= 0.6 is 0 Å². The summed E-state index contributed by atoms with van der Waals surface area (Å²) in [4.78, 5) is 0. The zero-order chi connectivity index (χ0) is 12.5. The summed E-state index contributed by atoms with van der Waals surface area (Å²) in [5.74, 6) is -3.05. The lowest BCUT2D eigenvalue weighted by molar-refractivity contribution is -0.138. The molecule has 0 saturated carbocycles. The van der Waals surface area contributed by atoms with Gasteiger partial charge in [0.2, 0.25) is 0 Å². The number of halogens is 5. The van der Waals surface area contributed by atoms with Gasteiger partial charge in [0.05, 0.1) is 18.2 Å². The van der Waals surface area contributed by atoms with Crippen LogP contribution in [0.25, 0.3) is 0 Å². The van der Waals surface area contributed by atoms with Crippen LogP contribution in [0.2, 0.25) is 0 Å². The van der Waals surface area contributed by atoms with Crippen molar-refractivity contribution < 1.29 is 27.1 Å². The highest BCUT2D eigenvalue weighted by Crippen LogP contribution is 2.35. The van der Waals surface area contributed by atoms with Crippen molar-refractivity contribution in [1.29, 1.82) is 0 Å². The number of alkyl halides is 3. The molecule has 16 heavy (non-hydrogen) atoms. The van der Waals surface area contributed by atoms with E-state index in [0.29, 0.717) is 6.07 Å². The first-order chi connectivity index (χ1) is 7.27. The lowest BCUT2D eigenvalue weighted by Gasteiger charge is -2.17. The van der Waals surface area contributed by atoms with E-state index in [0.717, 1.165) is 0 Å². The maximum absolute atomic E-state index is 12.8. The molecule has 0 spiro atoms. The molecule has 1 aromatic carbocycles.